The number of alkyl halides is 1. The van der Waals surface area contributed by atoms with Gasteiger partial charge >= 0.3 is 0 Å². The van der Waals surface area contributed by atoms with Gasteiger partial charge in [-0.1, -0.05) is 197 Å². The highest BCUT2D eigenvalue weighted by Crippen LogP contribution is 2.58. The summed E-state index contributed by atoms with van der Waals surface area (Å²) >= 11 is 0. The van der Waals surface area contributed by atoms with E-state index in [9.17, 15) is 23.6 Å². The van der Waals surface area contributed by atoms with Crippen molar-refractivity contribution in [3.05, 3.63) is 391 Å². The van der Waals surface area contributed by atoms with Crippen molar-refractivity contribution in [2.45, 2.75) is 170 Å². The van der Waals surface area contributed by atoms with Crippen LogP contribution in [0.3, 0.4) is 0 Å². The van der Waals surface area contributed by atoms with Gasteiger partial charge in [0.15, 0.2) is 23.1 Å². The van der Waals surface area contributed by atoms with Gasteiger partial charge in [0.2, 0.25) is 58.4 Å². The highest BCUT2D eigenvalue weighted by molar-refractivity contribution is 6.03. The molecule has 8 aliphatic rings. The number of nitrogens with zero attached hydrogens (tertiary/aromatic N) is 20. The van der Waals surface area contributed by atoms with Gasteiger partial charge in [-0.3, -0.25) is 9.97 Å². The summed E-state index contributed by atoms with van der Waals surface area (Å²) in [5, 5.41) is 32.6. The average molecular weight is 1960 g/mol. The molecule has 0 bridgehead atoms. The first-order valence-electron chi connectivity index (χ1n) is 49.9. The molecule has 0 aliphatic heterocycles. The average Bonchev–Trinajstić information content (AvgIpc) is 1.52. The Hall–Kier alpha value is -17.4. The maximum absolute atomic E-state index is 13.2. The highest BCUT2D eigenvalue weighted by atomic mass is 19.1. The zero-order valence-electron chi connectivity index (χ0n) is 84.3. The normalized spacial score (nSPS) is 22.6. The Morgan fingerprint density at radius 3 is 0.939 bits per heavy atom. The van der Waals surface area contributed by atoms with Crippen LogP contribution in [-0.4, -0.2) is 103 Å². The first kappa shape index (κ1) is 96.7. The van der Waals surface area contributed by atoms with Crippen LogP contribution in [0.2, 0.25) is 0 Å². The van der Waals surface area contributed by atoms with Crippen LogP contribution >= 0.6 is 0 Å². The number of benzene rings is 7. The van der Waals surface area contributed by atoms with E-state index in [2.05, 4.69) is 181 Å². The zero-order chi connectivity index (χ0) is 103. The summed E-state index contributed by atoms with van der Waals surface area (Å²) in [6, 6.07) is 64.7. The maximum atomic E-state index is 13.2. The first-order chi connectivity index (χ1) is 71.4. The molecule has 8 aliphatic carbocycles. The number of aromatic nitrogens is 16. The number of allylic oxidation sites excluding steroid dienone is 8. The van der Waals surface area contributed by atoms with Gasteiger partial charge in [0.25, 0.3) is 0 Å². The van der Waals surface area contributed by atoms with Gasteiger partial charge in [-0.25, -0.2) is 42.5 Å². The third-order valence-electron chi connectivity index (χ3n) is 32.0. The van der Waals surface area contributed by atoms with Gasteiger partial charge in [0, 0.05) is 139 Å². The van der Waals surface area contributed by atoms with Crippen LogP contribution in [0.1, 0.15) is 160 Å². The van der Waals surface area contributed by atoms with Gasteiger partial charge in [0.05, 0.1) is 100 Å². The van der Waals surface area contributed by atoms with Crippen molar-refractivity contribution in [1.82, 2.24) is 79.5 Å². The topological polar surface area (TPSA) is 300 Å². The fraction of sp³-hybridized carbons (Fsp3) is 0.283. The minimum Gasteiger partial charge on any atom is -0.342 e. The number of carbonyl (C=O) groups excluding carboxylic acids is 4. The number of hydrogen-bond donors (Lipinski definition) is 0. The quantitative estimate of drug-likeness (QED) is 0.0968. The lowest BCUT2D eigenvalue weighted by Gasteiger charge is -2.45. The van der Waals surface area contributed by atoms with Crippen LogP contribution < -0.4 is 0 Å². The standard InChI is InChI=1S/C33H29FN4O.C30H27N5O2.C29H25N5O2.C28H24N6O2/c1-20-5-7-23(8-6-20)30-27-13-14-28-21(2)31(39)29(35-4)18-33(28,3)32(27)38(37-30)26-11-9-22(10-12-26)24-15-16-36-25(17-24)19-34;1-17-6-8-20(9-7-17)26-23-14-15-24-18(2)27(36)25(31-5)16-30(24,4)28(23)35(33-26)22-12-10-21(11-13-22)29-32-19(3)37-34-29;1-17-5-7-19(8-6-17)25-22-13-14-23-18(2)26(35)24(30-4)15-29(23,3)27(22)34(32-25)21-11-9-20(10-12-21)28-31-16-36-33-28;1-16-22-12-11-21-24(19-6-5-13-30-15-19)32-34(26(21)28(22,3)14-23(29-4)25(16)35)20-9-7-18(8-10-20)27-31-17(2)36-33-27/h5-12,15-18,21,28H,13-14,19H2,1-3H3;6-13,16,18,24H,14-15H2,1-4H3;5-12,15-16,18,23H,13-14H2,1-3H3;5-10,13-16,22H,11-12H2,1-3H3/t21-,28-,33-;18-,24-,30-;18-,23-,29-;16-,22-,28-/m1111/s1. The minimum absolute atomic E-state index is 0.0505. The van der Waals surface area contributed by atoms with E-state index in [-0.39, 0.29) is 93.3 Å². The summed E-state index contributed by atoms with van der Waals surface area (Å²) in [5.74, 6) is 1.88. The smallest absolute Gasteiger partial charge is 0.226 e. The minimum atomic E-state index is -0.603. The number of ketones is 4. The van der Waals surface area contributed by atoms with E-state index in [1.807, 2.05) is 192 Å². The van der Waals surface area contributed by atoms with Crippen LogP contribution in [0.25, 0.3) is 132 Å². The molecule has 9 heterocycles. The van der Waals surface area contributed by atoms with E-state index in [1.165, 1.54) is 39.8 Å². The Morgan fingerprint density at radius 1 is 0.358 bits per heavy atom. The van der Waals surface area contributed by atoms with E-state index in [0.717, 1.165) is 175 Å². The van der Waals surface area contributed by atoms with Crippen molar-refractivity contribution in [1.29, 1.82) is 0 Å². The Kier molecular flexibility index (Phi) is 25.0. The van der Waals surface area contributed by atoms with Crippen molar-refractivity contribution in [2.24, 2.45) is 47.3 Å². The molecule has 24 rings (SSSR count). The largest absolute Gasteiger partial charge is 0.342 e. The molecule has 0 saturated heterocycles. The molecule has 734 valence electrons. The lowest BCUT2D eigenvalue weighted by atomic mass is 9.58. The molecule has 0 spiro atoms. The van der Waals surface area contributed by atoms with Gasteiger partial charge in [-0.15, -0.1) is 0 Å². The molecule has 7 aromatic carbocycles. The van der Waals surface area contributed by atoms with Crippen molar-refractivity contribution < 1.29 is 37.1 Å². The number of pyridine rings is 2. The molecule has 148 heavy (non-hydrogen) atoms. The number of fused-ring (bicyclic) bond motifs is 12. The van der Waals surface area contributed by atoms with Gasteiger partial charge in [0.1, 0.15) is 6.67 Å². The molecule has 0 fully saturated rings. The second kappa shape index (κ2) is 38.3. The number of carbonyl (C=O) groups is 4. The molecule has 0 unspecified atom stereocenters. The molecular formula is C120H105FN20O7. The van der Waals surface area contributed by atoms with E-state index in [1.54, 1.807) is 32.3 Å². The van der Waals surface area contributed by atoms with Gasteiger partial charge in [-0.05, 0) is 216 Å². The van der Waals surface area contributed by atoms with E-state index < -0.39 is 28.3 Å². The molecule has 9 aromatic heterocycles. The third kappa shape index (κ3) is 16.8. The lowest BCUT2D eigenvalue weighted by molar-refractivity contribution is -0.122. The summed E-state index contributed by atoms with van der Waals surface area (Å²) < 4.78 is 36.4. The van der Waals surface area contributed by atoms with Crippen LogP contribution in [0.4, 0.5) is 4.39 Å². The van der Waals surface area contributed by atoms with E-state index >= 15 is 0 Å². The van der Waals surface area contributed by atoms with Crippen molar-refractivity contribution in [3.8, 4) is 113 Å². The zero-order valence-corrected chi connectivity index (χ0v) is 84.3. The van der Waals surface area contributed by atoms with Gasteiger partial charge < -0.3 is 32.7 Å². The lowest BCUT2D eigenvalue weighted by Crippen LogP contribution is -2.46. The molecule has 0 radical (unpaired) electrons. The van der Waals surface area contributed by atoms with Crippen LogP contribution in [0.5, 0.6) is 0 Å². The molecule has 12 atom stereocenters. The molecule has 28 heteroatoms. The van der Waals surface area contributed by atoms with Gasteiger partial charge in [-0.2, -0.15) is 35.3 Å². The van der Waals surface area contributed by atoms with Crippen molar-refractivity contribution in [2.75, 3.05) is 0 Å². The van der Waals surface area contributed by atoms with Crippen molar-refractivity contribution >= 4 is 23.1 Å². The molecule has 0 amide bonds. The number of hydrogen-bond acceptors (Lipinski definition) is 19. The van der Waals surface area contributed by atoms with Crippen LogP contribution in [0.15, 0.2) is 280 Å². The SMILES string of the molecule is [C-]#[N+]C1=C[C@@]2(C)c3c(c(-c4ccc(C)cc4)nn3-c3ccc(-c4ccnc(CF)c4)cc3)CC[C@@H]2[C@@H](C)C1=O.[C-]#[N+]C1=C[C@@]2(C)c3c(c(-c4ccc(C)cc4)nn3-c3ccc(-c4ncon4)cc3)CC[C@@H]2[C@@H](C)C1=O.[C-]#[N+]C1=C[C@@]2(C)c3c(c(-c4ccc(C)cc4)nn3-c3ccc(-c4noc(C)n4)cc3)CC[C@@H]2[C@@H](C)C1=O.[C-]#[N+]C1=C[C@@]2(C)c3c(c(-c4cccnc4)nn3-c3ccc(-c4noc(C)n4)cc3)CC[C@@H]2[C@@H](C)C1=O. The third-order valence-corrected chi connectivity index (χ3v) is 32.0. The Bertz CT molecular complexity index is 8300. The molecule has 0 saturated carbocycles. The van der Waals surface area contributed by atoms with Crippen molar-refractivity contribution in [3.63, 3.8) is 0 Å². The molecule has 0 N–H and O–H groups in total. The predicted octanol–water partition coefficient (Wildman–Crippen LogP) is 24.1. The highest BCUT2D eigenvalue weighted by Gasteiger charge is 2.56. The summed E-state index contributed by atoms with van der Waals surface area (Å²) in [5.41, 5.74) is 27.6. The Labute approximate surface area is 855 Å². The predicted molar refractivity (Wildman–Crippen MR) is 557 cm³/mol. The van der Waals surface area contributed by atoms with E-state index in [4.69, 9.17) is 60.3 Å². The maximum Gasteiger partial charge on any atom is 0.226 e. The first-order valence-corrected chi connectivity index (χ1v) is 49.9. The fourth-order valence-corrected chi connectivity index (χ4v) is 24.5. The number of Topliss-reactive ketones (excluding diaryl/α,β-unsaturated/α-hetero) is 4. The number of halogens is 1. The molecule has 16 aromatic rings. The summed E-state index contributed by atoms with van der Waals surface area (Å²) in [4.78, 5) is 87.3. The Balaban J connectivity index is 0.000000116. The van der Waals surface area contributed by atoms with Crippen LogP contribution in [0, 0.1) is 108 Å². The molecular weight excluding hydrogens is 1850 g/mol. The second-order valence-corrected chi connectivity index (χ2v) is 41.0. The summed E-state index contributed by atoms with van der Waals surface area (Å²) in [6.45, 7) is 56.3. The second-order valence-electron chi connectivity index (χ2n) is 41.0. The molecule has 27 nitrogen and oxygen atoms in total. The Morgan fingerprint density at radius 2 is 0.662 bits per heavy atom. The summed E-state index contributed by atoms with van der Waals surface area (Å²) in [6.07, 6.45) is 20.9. The number of rotatable bonds is 13. The van der Waals surface area contributed by atoms with Crippen LogP contribution in [-0.2, 0) is 73.2 Å². The number of aryl methyl sites for hydroxylation is 5. The van der Waals surface area contributed by atoms with E-state index in [0.29, 0.717) is 34.9 Å². The monoisotopic (exact) mass is 1960 g/mol. The summed E-state index contributed by atoms with van der Waals surface area (Å²) in [7, 11) is 0. The fourth-order valence-electron chi connectivity index (χ4n) is 24.5.